The summed E-state index contributed by atoms with van der Waals surface area (Å²) in [6.45, 7) is 4.21. The first kappa shape index (κ1) is 14.0. The summed E-state index contributed by atoms with van der Waals surface area (Å²) < 4.78 is 12.6. The van der Waals surface area contributed by atoms with Crippen molar-refractivity contribution in [1.82, 2.24) is 9.88 Å². The molecule has 0 amide bonds. The number of aliphatic hydroxyl groups is 2. The molecule has 0 fully saturated rings. The summed E-state index contributed by atoms with van der Waals surface area (Å²) in [7, 11) is 0. The average molecular weight is 242 g/mol. The van der Waals surface area contributed by atoms with Crippen molar-refractivity contribution < 1.29 is 14.6 Å². The molecular weight excluding hydrogens is 223 g/mol. The van der Waals surface area contributed by atoms with Crippen molar-refractivity contribution in [3.05, 3.63) is 29.8 Å². The van der Waals surface area contributed by atoms with Crippen LogP contribution in [0.15, 0.2) is 18.3 Å². The molecule has 1 aromatic rings. The molecule has 0 aliphatic heterocycles. The quantitative estimate of drug-likeness (QED) is 0.747. The number of aromatic nitrogens is 1. The maximum Gasteiger partial charge on any atom is 0.141 e. The molecule has 17 heavy (non-hydrogen) atoms. The van der Waals surface area contributed by atoms with E-state index in [4.69, 9.17) is 5.11 Å². The van der Waals surface area contributed by atoms with Crippen molar-refractivity contribution >= 4 is 0 Å². The lowest BCUT2D eigenvalue weighted by atomic mass is 10.1. The summed E-state index contributed by atoms with van der Waals surface area (Å²) in [5, 5.41) is 18.7. The Morgan fingerprint density at radius 1 is 1.41 bits per heavy atom. The van der Waals surface area contributed by atoms with Gasteiger partial charge < -0.3 is 15.1 Å². The van der Waals surface area contributed by atoms with Gasteiger partial charge in [0.1, 0.15) is 5.82 Å². The van der Waals surface area contributed by atoms with Crippen molar-refractivity contribution in [2.24, 2.45) is 0 Å². The number of pyridine rings is 1. The zero-order valence-electron chi connectivity index (χ0n) is 10.0. The molecule has 4 nitrogen and oxygen atoms in total. The fourth-order valence-corrected chi connectivity index (χ4v) is 1.61. The van der Waals surface area contributed by atoms with Gasteiger partial charge in [-0.3, -0.25) is 4.98 Å². The lowest BCUT2D eigenvalue weighted by Crippen LogP contribution is -2.28. The molecule has 0 radical (unpaired) electrons. The van der Waals surface area contributed by atoms with Crippen molar-refractivity contribution in [1.29, 1.82) is 0 Å². The minimum atomic E-state index is -0.691. The second-order valence-electron chi connectivity index (χ2n) is 3.86. The number of halogens is 1. The maximum absolute atomic E-state index is 12.6. The summed E-state index contributed by atoms with van der Waals surface area (Å²) >= 11 is 0. The Kier molecular flexibility index (Phi) is 6.04. The third-order valence-corrected chi connectivity index (χ3v) is 2.67. The van der Waals surface area contributed by atoms with Crippen molar-refractivity contribution in [2.45, 2.75) is 19.4 Å². The van der Waals surface area contributed by atoms with Crippen molar-refractivity contribution in [3.63, 3.8) is 0 Å². The van der Waals surface area contributed by atoms with E-state index in [9.17, 15) is 9.50 Å². The zero-order valence-corrected chi connectivity index (χ0v) is 10.0. The highest BCUT2D eigenvalue weighted by Gasteiger charge is 2.11. The highest BCUT2D eigenvalue weighted by atomic mass is 19.1. The van der Waals surface area contributed by atoms with E-state index in [1.165, 1.54) is 12.1 Å². The Morgan fingerprint density at radius 2 is 2.18 bits per heavy atom. The minimum absolute atomic E-state index is 0.110. The lowest BCUT2D eigenvalue weighted by molar-refractivity contribution is 0.130. The van der Waals surface area contributed by atoms with Crippen LogP contribution in [-0.4, -0.2) is 46.3 Å². The monoisotopic (exact) mass is 242 g/mol. The first-order valence-corrected chi connectivity index (χ1v) is 5.80. The van der Waals surface area contributed by atoms with Crippen LogP contribution in [0.4, 0.5) is 4.39 Å². The molecule has 1 heterocycles. The van der Waals surface area contributed by atoms with Crippen LogP contribution in [0.3, 0.4) is 0 Å². The van der Waals surface area contributed by atoms with Crippen LogP contribution in [0, 0.1) is 5.82 Å². The van der Waals surface area contributed by atoms with E-state index in [0.717, 1.165) is 12.7 Å². The summed E-state index contributed by atoms with van der Waals surface area (Å²) in [6.07, 6.45) is 0.930. The third-order valence-electron chi connectivity index (χ3n) is 2.67. The largest absolute Gasteiger partial charge is 0.395 e. The summed E-state index contributed by atoms with van der Waals surface area (Å²) in [5.74, 6) is -0.406. The molecule has 5 heteroatoms. The number of hydrogen-bond acceptors (Lipinski definition) is 4. The van der Waals surface area contributed by atoms with E-state index in [1.54, 1.807) is 0 Å². The van der Waals surface area contributed by atoms with Gasteiger partial charge in [0.05, 0.1) is 24.6 Å². The maximum atomic E-state index is 12.6. The van der Waals surface area contributed by atoms with Gasteiger partial charge in [-0.1, -0.05) is 6.92 Å². The van der Waals surface area contributed by atoms with Crippen LogP contribution < -0.4 is 0 Å². The van der Waals surface area contributed by atoms with Crippen molar-refractivity contribution in [3.8, 4) is 0 Å². The highest BCUT2D eigenvalue weighted by Crippen LogP contribution is 2.14. The average Bonchev–Trinajstić information content (AvgIpc) is 2.35. The second kappa shape index (κ2) is 7.32. The third kappa shape index (κ3) is 4.77. The van der Waals surface area contributed by atoms with Gasteiger partial charge in [0.25, 0.3) is 0 Å². The summed E-state index contributed by atoms with van der Waals surface area (Å²) in [5.41, 5.74) is 0.478. The molecule has 96 valence electrons. The molecule has 0 spiro atoms. The standard InChI is InChI=1S/C12H19FN2O2/c1-2-15(7-8-16)6-5-12(17)11-4-3-10(13)9-14-11/h3-4,9,12,16-17H,2,5-8H2,1H3. The predicted molar refractivity (Wildman–Crippen MR) is 63.0 cm³/mol. The van der Waals surface area contributed by atoms with Gasteiger partial charge in [0.2, 0.25) is 0 Å². The zero-order chi connectivity index (χ0) is 12.7. The normalized spacial score (nSPS) is 13.0. The summed E-state index contributed by atoms with van der Waals surface area (Å²) in [4.78, 5) is 5.87. The second-order valence-corrected chi connectivity index (χ2v) is 3.86. The summed E-state index contributed by atoms with van der Waals surface area (Å²) in [6, 6.07) is 2.78. The van der Waals surface area contributed by atoms with E-state index in [-0.39, 0.29) is 6.61 Å². The molecule has 0 saturated heterocycles. The van der Waals surface area contributed by atoms with Gasteiger partial charge in [-0.2, -0.15) is 0 Å². The molecule has 0 aromatic carbocycles. The number of aliphatic hydroxyl groups excluding tert-OH is 2. The van der Waals surface area contributed by atoms with Gasteiger partial charge >= 0.3 is 0 Å². The fourth-order valence-electron chi connectivity index (χ4n) is 1.61. The molecule has 0 aliphatic carbocycles. The topological polar surface area (TPSA) is 56.6 Å². The molecule has 1 unspecified atom stereocenters. The smallest absolute Gasteiger partial charge is 0.141 e. The molecule has 2 N–H and O–H groups in total. The first-order valence-electron chi connectivity index (χ1n) is 5.80. The van der Waals surface area contributed by atoms with Gasteiger partial charge in [-0.15, -0.1) is 0 Å². The van der Waals surface area contributed by atoms with E-state index >= 15 is 0 Å². The van der Waals surface area contributed by atoms with Gasteiger partial charge in [-0.05, 0) is 25.1 Å². The Bertz CT molecular complexity index is 319. The molecular formula is C12H19FN2O2. The van der Waals surface area contributed by atoms with Crippen LogP contribution in [0.1, 0.15) is 25.1 Å². The SMILES string of the molecule is CCN(CCO)CCC(O)c1ccc(F)cn1. The van der Waals surface area contributed by atoms with Crippen LogP contribution >= 0.6 is 0 Å². The highest BCUT2D eigenvalue weighted by molar-refractivity contribution is 5.07. The van der Waals surface area contributed by atoms with Gasteiger partial charge in [0, 0.05) is 13.1 Å². The Balaban J connectivity index is 2.43. The lowest BCUT2D eigenvalue weighted by Gasteiger charge is -2.20. The number of rotatable bonds is 7. The predicted octanol–water partition coefficient (Wildman–Crippen LogP) is 0.958. The Hall–Kier alpha value is -1.04. The van der Waals surface area contributed by atoms with E-state index in [2.05, 4.69) is 4.98 Å². The van der Waals surface area contributed by atoms with Crippen LogP contribution in [0.2, 0.25) is 0 Å². The van der Waals surface area contributed by atoms with E-state index in [1.807, 2.05) is 11.8 Å². The number of likely N-dealkylation sites (N-methyl/N-ethyl adjacent to an activating group) is 1. The van der Waals surface area contributed by atoms with E-state index < -0.39 is 11.9 Å². The minimum Gasteiger partial charge on any atom is -0.395 e. The number of nitrogens with zero attached hydrogens (tertiary/aromatic N) is 2. The molecule has 0 saturated carbocycles. The van der Waals surface area contributed by atoms with Crippen molar-refractivity contribution in [2.75, 3.05) is 26.2 Å². The van der Waals surface area contributed by atoms with Gasteiger partial charge in [-0.25, -0.2) is 4.39 Å². The molecule has 1 rings (SSSR count). The van der Waals surface area contributed by atoms with Crippen LogP contribution in [0.5, 0.6) is 0 Å². The fraction of sp³-hybridized carbons (Fsp3) is 0.583. The van der Waals surface area contributed by atoms with Crippen LogP contribution in [-0.2, 0) is 0 Å². The molecule has 0 aliphatic rings. The Morgan fingerprint density at radius 3 is 2.71 bits per heavy atom. The molecule has 0 bridgehead atoms. The van der Waals surface area contributed by atoms with Gasteiger partial charge in [0.15, 0.2) is 0 Å². The van der Waals surface area contributed by atoms with Crippen LogP contribution in [0.25, 0.3) is 0 Å². The Labute approximate surface area is 101 Å². The number of hydrogen-bond donors (Lipinski definition) is 2. The molecule has 1 aromatic heterocycles. The van der Waals surface area contributed by atoms with E-state index in [0.29, 0.717) is 25.2 Å². The molecule has 1 atom stereocenters. The first-order chi connectivity index (χ1) is 8.17.